The molecule has 0 saturated heterocycles. The van der Waals surface area contributed by atoms with Gasteiger partial charge in [0.05, 0.1) is 0 Å². The Bertz CT molecular complexity index is 201. The molecule has 0 spiro atoms. The number of hydrogen-bond acceptors (Lipinski definition) is 3. The summed E-state index contributed by atoms with van der Waals surface area (Å²) in [6.45, 7) is 20.7. The molecule has 9 heteroatoms. The largest absolute Gasteiger partial charge is 0.673 e. The quantitative estimate of drug-likeness (QED) is 0.354. The van der Waals surface area contributed by atoms with Gasteiger partial charge in [-0.1, -0.05) is 0 Å². The fourth-order valence-corrected chi connectivity index (χ4v) is 5.02. The Morgan fingerprint density at radius 1 is 0.571 bits per heavy atom. The van der Waals surface area contributed by atoms with Crippen LogP contribution in [0.5, 0.6) is 0 Å². The minimum Gasteiger partial charge on any atom is -0.418 e. The van der Waals surface area contributed by atoms with Crippen molar-refractivity contribution in [2.24, 2.45) is 0 Å². The lowest BCUT2D eigenvalue weighted by Crippen LogP contribution is -2.37. The third kappa shape index (κ3) is 11.3. The molecule has 0 unspecified atom stereocenters. The summed E-state index contributed by atoms with van der Waals surface area (Å²) in [6, 6.07) is 0. The molecular weight excluding hydrogens is 304 g/mol. The van der Waals surface area contributed by atoms with E-state index in [2.05, 4.69) is 55.6 Å². The minimum absolute atomic E-state index is 0.665. The molecule has 0 atom stereocenters. The van der Waals surface area contributed by atoms with Crippen molar-refractivity contribution in [3.63, 3.8) is 0 Å². The van der Waals surface area contributed by atoms with E-state index in [1.54, 1.807) is 0 Å². The van der Waals surface area contributed by atoms with Gasteiger partial charge in [0.1, 0.15) is 0 Å². The standard InChI is InChI=1S/C12H30N3P.BF4/c1-7-13(8-2)16(14(9-3)10-4)15(11-5)12-6;2-1(3,4)5/h7-12H2,1-6H3;/q;-1/p+1. The molecule has 0 aliphatic carbocycles. The molecule has 0 bridgehead atoms. The van der Waals surface area contributed by atoms with Crippen molar-refractivity contribution < 1.29 is 17.3 Å². The normalized spacial score (nSPS) is 12.3. The first kappa shape index (κ1) is 23.4. The molecule has 0 N–H and O–H groups in total. The molecule has 0 rings (SSSR count). The Morgan fingerprint density at radius 3 is 0.810 bits per heavy atom. The van der Waals surface area contributed by atoms with Gasteiger partial charge in [0, 0.05) is 39.3 Å². The zero-order valence-corrected chi connectivity index (χ0v) is 15.2. The third-order valence-electron chi connectivity index (χ3n) is 3.14. The van der Waals surface area contributed by atoms with Gasteiger partial charge in [0.2, 0.25) is 8.37 Å². The van der Waals surface area contributed by atoms with Gasteiger partial charge >= 0.3 is 7.25 Å². The lowest BCUT2D eigenvalue weighted by molar-refractivity contribution is 0.352. The molecule has 0 aromatic heterocycles. The zero-order chi connectivity index (χ0) is 17.1. The van der Waals surface area contributed by atoms with Crippen molar-refractivity contribution in [3.05, 3.63) is 0 Å². The van der Waals surface area contributed by atoms with Crippen LogP contribution in [0.15, 0.2) is 0 Å². The van der Waals surface area contributed by atoms with E-state index in [9.17, 15) is 17.3 Å². The summed E-state index contributed by atoms with van der Waals surface area (Å²) in [5.41, 5.74) is 0. The number of hydrogen-bond donors (Lipinski definition) is 0. The molecule has 21 heavy (non-hydrogen) atoms. The monoisotopic (exact) mass is 335 g/mol. The molecule has 0 heterocycles. The smallest absolute Gasteiger partial charge is 0.418 e. The van der Waals surface area contributed by atoms with Crippen LogP contribution in [0.3, 0.4) is 0 Å². The van der Waals surface area contributed by atoms with Crippen LogP contribution in [0, 0.1) is 0 Å². The van der Waals surface area contributed by atoms with Crippen LogP contribution >= 0.6 is 8.37 Å². The predicted molar refractivity (Wildman–Crippen MR) is 87.3 cm³/mol. The number of halogens is 4. The Hall–Kier alpha value is 0.0949. The molecule has 0 aromatic rings. The molecular formula is C12H31BF4N3P. The lowest BCUT2D eigenvalue weighted by Gasteiger charge is -2.35. The van der Waals surface area contributed by atoms with Crippen molar-refractivity contribution in [1.29, 1.82) is 0 Å². The highest BCUT2D eigenvalue weighted by Gasteiger charge is 2.34. The SMILES string of the molecule is CCN(CC)[PH+](N(CC)CC)N(CC)CC.F[B-](F)(F)F. The van der Waals surface area contributed by atoms with Crippen LogP contribution < -0.4 is 0 Å². The second kappa shape index (κ2) is 12.6. The van der Waals surface area contributed by atoms with Crippen LogP contribution in [0.1, 0.15) is 41.5 Å². The van der Waals surface area contributed by atoms with Gasteiger partial charge in [-0.2, -0.15) is 14.0 Å². The van der Waals surface area contributed by atoms with Gasteiger partial charge in [-0.05, 0) is 41.5 Å². The van der Waals surface area contributed by atoms with Crippen molar-refractivity contribution in [1.82, 2.24) is 14.0 Å². The van der Waals surface area contributed by atoms with E-state index >= 15 is 0 Å². The molecule has 0 fully saturated rings. The summed E-state index contributed by atoms with van der Waals surface area (Å²) in [5.74, 6) is 0. The predicted octanol–water partition coefficient (Wildman–Crippen LogP) is 4.27. The average molecular weight is 335 g/mol. The third-order valence-corrected chi connectivity index (χ3v) is 6.73. The topological polar surface area (TPSA) is 9.72 Å². The summed E-state index contributed by atoms with van der Waals surface area (Å²) in [4.78, 5) is 0. The minimum atomic E-state index is -6.00. The van der Waals surface area contributed by atoms with Crippen LogP contribution in [-0.4, -0.2) is 60.5 Å². The van der Waals surface area contributed by atoms with E-state index in [4.69, 9.17) is 0 Å². The Kier molecular flexibility index (Phi) is 14.0. The highest BCUT2D eigenvalue weighted by molar-refractivity contribution is 7.50. The lowest BCUT2D eigenvalue weighted by atomic mass is 10.3. The van der Waals surface area contributed by atoms with Gasteiger partial charge in [-0.25, -0.2) is 0 Å². The molecule has 0 aliphatic rings. The highest BCUT2D eigenvalue weighted by Crippen LogP contribution is 2.46. The maximum atomic E-state index is 9.75. The van der Waals surface area contributed by atoms with Crippen LogP contribution in [0.2, 0.25) is 0 Å². The van der Waals surface area contributed by atoms with Crippen LogP contribution in [0.4, 0.5) is 17.3 Å². The van der Waals surface area contributed by atoms with E-state index < -0.39 is 15.6 Å². The molecule has 130 valence electrons. The molecule has 0 saturated carbocycles. The first-order valence-electron chi connectivity index (χ1n) is 7.68. The first-order chi connectivity index (χ1) is 9.69. The summed E-state index contributed by atoms with van der Waals surface area (Å²) in [7, 11) is -6.67. The summed E-state index contributed by atoms with van der Waals surface area (Å²) < 4.78 is 46.9. The molecule has 0 radical (unpaired) electrons. The summed E-state index contributed by atoms with van der Waals surface area (Å²) in [6.07, 6.45) is 0. The fraction of sp³-hybridized carbons (Fsp3) is 1.00. The molecule has 0 aliphatic heterocycles. The number of rotatable bonds is 9. The maximum absolute atomic E-state index is 9.75. The maximum Gasteiger partial charge on any atom is 0.673 e. The van der Waals surface area contributed by atoms with Gasteiger partial charge in [0.15, 0.2) is 0 Å². The van der Waals surface area contributed by atoms with E-state index in [1.807, 2.05) is 0 Å². The summed E-state index contributed by atoms with van der Waals surface area (Å²) in [5, 5.41) is 0. The summed E-state index contributed by atoms with van der Waals surface area (Å²) >= 11 is 0. The van der Waals surface area contributed by atoms with Crippen molar-refractivity contribution in [3.8, 4) is 0 Å². The Labute approximate surface area is 128 Å². The van der Waals surface area contributed by atoms with Gasteiger partial charge in [0.25, 0.3) is 0 Å². The molecule has 3 nitrogen and oxygen atoms in total. The highest BCUT2D eigenvalue weighted by atomic mass is 31.2. The first-order valence-corrected chi connectivity index (χ1v) is 9.03. The second-order valence-corrected chi connectivity index (χ2v) is 6.81. The van der Waals surface area contributed by atoms with Gasteiger partial charge < -0.3 is 17.3 Å². The van der Waals surface area contributed by atoms with Gasteiger partial charge in [-0.15, -0.1) is 0 Å². The molecule has 0 amide bonds. The van der Waals surface area contributed by atoms with Gasteiger partial charge in [-0.3, -0.25) is 0 Å². The van der Waals surface area contributed by atoms with E-state index in [0.717, 1.165) is 39.3 Å². The van der Waals surface area contributed by atoms with E-state index in [1.165, 1.54) is 0 Å². The zero-order valence-electron chi connectivity index (χ0n) is 14.2. The van der Waals surface area contributed by atoms with Crippen LogP contribution in [0.25, 0.3) is 0 Å². The second-order valence-electron chi connectivity index (χ2n) is 4.31. The average Bonchev–Trinajstić information content (AvgIpc) is 2.40. The van der Waals surface area contributed by atoms with Crippen molar-refractivity contribution in [2.45, 2.75) is 41.5 Å². The number of nitrogens with zero attached hydrogens (tertiary/aromatic N) is 3. The molecule has 0 aromatic carbocycles. The van der Waals surface area contributed by atoms with Crippen molar-refractivity contribution >= 4 is 15.6 Å². The van der Waals surface area contributed by atoms with Crippen molar-refractivity contribution in [2.75, 3.05) is 39.3 Å². The van der Waals surface area contributed by atoms with Crippen LogP contribution in [-0.2, 0) is 0 Å². The van der Waals surface area contributed by atoms with E-state index in [-0.39, 0.29) is 0 Å². The fourth-order valence-electron chi connectivity index (χ4n) is 2.12. The Morgan fingerprint density at radius 2 is 0.714 bits per heavy atom. The van der Waals surface area contributed by atoms with E-state index in [0.29, 0.717) is 0 Å². The Balaban J connectivity index is 0.